The van der Waals surface area contributed by atoms with Gasteiger partial charge in [0.25, 0.3) is 0 Å². The molecular formula is C19H20F4N4O3. The predicted octanol–water partition coefficient (Wildman–Crippen LogP) is 2.87. The molecule has 3 heterocycles. The van der Waals surface area contributed by atoms with Crippen LogP contribution in [0.1, 0.15) is 30.4 Å². The van der Waals surface area contributed by atoms with Crippen LogP contribution in [-0.4, -0.2) is 40.5 Å². The SMILES string of the molecule is O=C(Nc1cnn(Cc2cc(F)ccc2C(F)(F)F)c1)C1CC(C2CCCO2)ON1. The van der Waals surface area contributed by atoms with Gasteiger partial charge in [0.1, 0.15) is 18.0 Å². The lowest BCUT2D eigenvalue weighted by molar-refractivity contribution is -0.138. The fourth-order valence-electron chi connectivity index (χ4n) is 3.67. The largest absolute Gasteiger partial charge is 0.416 e. The Morgan fingerprint density at radius 2 is 2.17 bits per heavy atom. The summed E-state index contributed by atoms with van der Waals surface area (Å²) in [6.45, 7) is 0.385. The van der Waals surface area contributed by atoms with Crippen molar-refractivity contribution in [2.24, 2.45) is 0 Å². The molecule has 1 aromatic carbocycles. The number of ether oxygens (including phenoxy) is 1. The number of hydrogen-bond donors (Lipinski definition) is 2. The number of rotatable bonds is 5. The Morgan fingerprint density at radius 3 is 2.90 bits per heavy atom. The molecule has 30 heavy (non-hydrogen) atoms. The molecule has 2 aliphatic rings. The van der Waals surface area contributed by atoms with Gasteiger partial charge in [0.2, 0.25) is 5.91 Å². The van der Waals surface area contributed by atoms with E-state index in [2.05, 4.69) is 15.9 Å². The second-order valence-corrected chi connectivity index (χ2v) is 7.33. The third-order valence-electron chi connectivity index (χ3n) is 5.13. The van der Waals surface area contributed by atoms with Gasteiger partial charge in [0, 0.05) is 19.2 Å². The molecule has 4 rings (SSSR count). The smallest absolute Gasteiger partial charge is 0.375 e. The number of anilines is 1. The second kappa shape index (κ2) is 8.32. The summed E-state index contributed by atoms with van der Waals surface area (Å²) in [7, 11) is 0. The van der Waals surface area contributed by atoms with Crippen LogP contribution in [0.2, 0.25) is 0 Å². The van der Waals surface area contributed by atoms with E-state index < -0.39 is 23.6 Å². The Balaban J connectivity index is 1.38. The number of nitrogens with zero attached hydrogens (tertiary/aromatic N) is 2. The molecule has 2 aromatic rings. The van der Waals surface area contributed by atoms with E-state index >= 15 is 0 Å². The Hall–Kier alpha value is -2.50. The van der Waals surface area contributed by atoms with Crippen molar-refractivity contribution in [2.75, 3.05) is 11.9 Å². The van der Waals surface area contributed by atoms with Gasteiger partial charge in [0.05, 0.1) is 30.1 Å². The van der Waals surface area contributed by atoms with Crippen molar-refractivity contribution < 1.29 is 31.9 Å². The molecule has 2 N–H and O–H groups in total. The average Bonchev–Trinajstić information content (AvgIpc) is 3.42. The molecule has 0 radical (unpaired) electrons. The highest BCUT2D eigenvalue weighted by Gasteiger charge is 2.37. The number of alkyl halides is 3. The standard InChI is InChI=1S/C19H20F4N4O3/c20-12-3-4-14(19(21,22)23)11(6-12)9-27-10-13(8-24-27)25-18(28)15-7-17(30-26-15)16-2-1-5-29-16/h3-4,6,8,10,15-17,26H,1-2,5,7,9H2,(H,25,28). The lowest BCUT2D eigenvalue weighted by Gasteiger charge is -2.14. The Bertz CT molecular complexity index is 911. The van der Waals surface area contributed by atoms with Gasteiger partial charge in [-0.1, -0.05) is 0 Å². The summed E-state index contributed by atoms with van der Waals surface area (Å²) in [5.41, 5.74) is 1.82. The first-order chi connectivity index (χ1) is 14.3. The average molecular weight is 428 g/mol. The zero-order valence-electron chi connectivity index (χ0n) is 15.8. The number of aromatic nitrogens is 2. The second-order valence-electron chi connectivity index (χ2n) is 7.33. The fourth-order valence-corrected chi connectivity index (χ4v) is 3.67. The van der Waals surface area contributed by atoms with Crippen LogP contribution in [-0.2, 0) is 27.1 Å². The number of halogens is 4. The summed E-state index contributed by atoms with van der Waals surface area (Å²) in [5.74, 6) is -1.12. The molecular weight excluding hydrogens is 408 g/mol. The summed E-state index contributed by atoms with van der Waals surface area (Å²) < 4.78 is 59.6. The topological polar surface area (TPSA) is 77.4 Å². The van der Waals surface area contributed by atoms with Crippen molar-refractivity contribution in [1.82, 2.24) is 15.3 Å². The molecule has 162 valence electrons. The van der Waals surface area contributed by atoms with Crippen LogP contribution in [0.15, 0.2) is 30.6 Å². The first-order valence-corrected chi connectivity index (χ1v) is 9.51. The Kier molecular flexibility index (Phi) is 5.76. The van der Waals surface area contributed by atoms with Crippen LogP contribution in [0.25, 0.3) is 0 Å². The summed E-state index contributed by atoms with van der Waals surface area (Å²) in [4.78, 5) is 17.9. The molecule has 1 aromatic heterocycles. The minimum absolute atomic E-state index is 0.0350. The van der Waals surface area contributed by atoms with Gasteiger partial charge in [0.15, 0.2) is 0 Å². The minimum Gasteiger partial charge on any atom is -0.375 e. The summed E-state index contributed by atoms with van der Waals surface area (Å²) in [6, 6.07) is 1.71. The quantitative estimate of drug-likeness (QED) is 0.717. The Labute approximate surface area is 169 Å². The first-order valence-electron chi connectivity index (χ1n) is 9.51. The molecule has 3 atom stereocenters. The molecule has 2 fully saturated rings. The first kappa shape index (κ1) is 20.8. The lowest BCUT2D eigenvalue weighted by Crippen LogP contribution is -2.34. The van der Waals surface area contributed by atoms with E-state index in [4.69, 9.17) is 9.57 Å². The Morgan fingerprint density at radius 1 is 1.33 bits per heavy atom. The maximum absolute atomic E-state index is 13.4. The van der Waals surface area contributed by atoms with Crippen LogP contribution in [0, 0.1) is 5.82 Å². The zero-order chi connectivity index (χ0) is 21.3. The highest BCUT2D eigenvalue weighted by molar-refractivity contribution is 5.94. The molecule has 0 saturated carbocycles. The van der Waals surface area contributed by atoms with E-state index in [9.17, 15) is 22.4 Å². The van der Waals surface area contributed by atoms with Crippen molar-refractivity contribution in [3.63, 3.8) is 0 Å². The molecule has 0 spiro atoms. The van der Waals surface area contributed by atoms with Gasteiger partial charge in [-0.05, 0) is 36.6 Å². The van der Waals surface area contributed by atoms with Crippen molar-refractivity contribution in [2.45, 2.75) is 50.2 Å². The molecule has 2 aliphatic heterocycles. The number of carbonyl (C=O) groups is 1. The predicted molar refractivity (Wildman–Crippen MR) is 96.7 cm³/mol. The van der Waals surface area contributed by atoms with Crippen LogP contribution in [0.3, 0.4) is 0 Å². The number of hydroxylamine groups is 1. The van der Waals surface area contributed by atoms with Crippen molar-refractivity contribution in [3.8, 4) is 0 Å². The monoisotopic (exact) mass is 428 g/mol. The van der Waals surface area contributed by atoms with Gasteiger partial charge in [-0.3, -0.25) is 14.3 Å². The molecule has 2 saturated heterocycles. The third kappa shape index (κ3) is 4.63. The van der Waals surface area contributed by atoms with E-state index in [0.29, 0.717) is 24.8 Å². The van der Waals surface area contributed by atoms with E-state index in [-0.39, 0.29) is 30.2 Å². The maximum atomic E-state index is 13.4. The molecule has 0 bridgehead atoms. The molecule has 1 amide bonds. The number of carbonyl (C=O) groups excluding carboxylic acids is 1. The van der Waals surface area contributed by atoms with Gasteiger partial charge in [-0.25, -0.2) is 4.39 Å². The van der Waals surface area contributed by atoms with E-state index in [1.165, 1.54) is 17.1 Å². The van der Waals surface area contributed by atoms with Gasteiger partial charge >= 0.3 is 6.18 Å². The summed E-state index contributed by atoms with van der Waals surface area (Å²) in [6.07, 6.45) is 0.139. The van der Waals surface area contributed by atoms with Crippen molar-refractivity contribution >= 4 is 11.6 Å². The van der Waals surface area contributed by atoms with Gasteiger partial charge < -0.3 is 10.1 Å². The van der Waals surface area contributed by atoms with E-state index in [1.54, 1.807) is 0 Å². The van der Waals surface area contributed by atoms with Gasteiger partial charge in [-0.2, -0.15) is 23.8 Å². The fraction of sp³-hybridized carbons (Fsp3) is 0.474. The lowest BCUT2D eigenvalue weighted by atomic mass is 10.0. The van der Waals surface area contributed by atoms with Crippen molar-refractivity contribution in [3.05, 3.63) is 47.5 Å². The number of benzene rings is 1. The third-order valence-corrected chi connectivity index (χ3v) is 5.13. The molecule has 3 unspecified atom stereocenters. The summed E-state index contributed by atoms with van der Waals surface area (Å²) in [5, 5.41) is 6.62. The van der Waals surface area contributed by atoms with Crippen LogP contribution < -0.4 is 10.8 Å². The molecule has 7 nitrogen and oxygen atoms in total. The van der Waals surface area contributed by atoms with E-state index in [1.807, 2.05) is 0 Å². The highest BCUT2D eigenvalue weighted by atomic mass is 19.4. The van der Waals surface area contributed by atoms with Crippen molar-refractivity contribution in [1.29, 1.82) is 0 Å². The van der Waals surface area contributed by atoms with Crippen LogP contribution in [0.4, 0.5) is 23.2 Å². The van der Waals surface area contributed by atoms with E-state index in [0.717, 1.165) is 25.0 Å². The number of nitrogens with one attached hydrogen (secondary N) is 2. The maximum Gasteiger partial charge on any atom is 0.416 e. The van der Waals surface area contributed by atoms with Crippen LogP contribution >= 0.6 is 0 Å². The minimum atomic E-state index is -4.61. The van der Waals surface area contributed by atoms with Gasteiger partial charge in [-0.15, -0.1) is 0 Å². The van der Waals surface area contributed by atoms with Crippen LogP contribution in [0.5, 0.6) is 0 Å². The zero-order valence-corrected chi connectivity index (χ0v) is 15.8. The molecule has 11 heteroatoms. The number of hydrogen-bond acceptors (Lipinski definition) is 5. The number of amides is 1. The summed E-state index contributed by atoms with van der Waals surface area (Å²) >= 11 is 0. The molecule has 0 aliphatic carbocycles. The normalized spacial score (nSPS) is 24.3. The highest BCUT2D eigenvalue weighted by Crippen LogP contribution is 2.33.